The fourth-order valence-electron chi connectivity index (χ4n) is 3.37. The van der Waals surface area contributed by atoms with Crippen molar-refractivity contribution in [2.75, 3.05) is 17.2 Å². The molecular formula is C19H20ClN5O2. The van der Waals surface area contributed by atoms with E-state index in [0.717, 1.165) is 16.9 Å². The molecule has 0 spiro atoms. The molecule has 0 bridgehead atoms. The molecule has 0 saturated carbocycles. The van der Waals surface area contributed by atoms with E-state index in [1.54, 1.807) is 29.3 Å². The number of benzene rings is 1. The summed E-state index contributed by atoms with van der Waals surface area (Å²) >= 11 is 6.34. The van der Waals surface area contributed by atoms with Crippen LogP contribution in [0.25, 0.3) is 16.8 Å². The van der Waals surface area contributed by atoms with Crippen LogP contribution in [-0.2, 0) is 9.53 Å². The molecule has 7 nitrogen and oxygen atoms in total. The third kappa shape index (κ3) is 2.83. The van der Waals surface area contributed by atoms with Gasteiger partial charge in [0.2, 0.25) is 0 Å². The number of anilines is 2. The summed E-state index contributed by atoms with van der Waals surface area (Å²) in [6.45, 7) is 6.03. The van der Waals surface area contributed by atoms with Gasteiger partial charge in [-0.05, 0) is 39.0 Å². The molecule has 1 atom stereocenters. The van der Waals surface area contributed by atoms with Gasteiger partial charge in [-0.1, -0.05) is 23.7 Å². The van der Waals surface area contributed by atoms with Crippen molar-refractivity contribution in [3.05, 3.63) is 41.7 Å². The first kappa shape index (κ1) is 17.8. The maximum Gasteiger partial charge on any atom is 0.258 e. The quantitative estimate of drug-likeness (QED) is 0.732. The minimum atomic E-state index is -0.852. The molecule has 3 aromatic rings. The fourth-order valence-corrected chi connectivity index (χ4v) is 3.65. The first-order valence-corrected chi connectivity index (χ1v) is 9.03. The van der Waals surface area contributed by atoms with Gasteiger partial charge < -0.3 is 15.4 Å². The smallest absolute Gasteiger partial charge is 0.258 e. The lowest BCUT2D eigenvalue weighted by molar-refractivity contribution is -0.147. The Bertz CT molecular complexity index is 1050. The van der Waals surface area contributed by atoms with Gasteiger partial charge in [0.1, 0.15) is 17.4 Å². The summed E-state index contributed by atoms with van der Waals surface area (Å²) in [6, 6.07) is 9.46. The Morgan fingerprint density at radius 1 is 1.33 bits per heavy atom. The van der Waals surface area contributed by atoms with Crippen LogP contribution in [0.2, 0.25) is 5.02 Å². The van der Waals surface area contributed by atoms with Crippen molar-refractivity contribution < 1.29 is 9.53 Å². The van der Waals surface area contributed by atoms with Crippen LogP contribution in [0.15, 0.2) is 36.7 Å². The maximum atomic E-state index is 12.9. The lowest BCUT2D eigenvalue weighted by Crippen LogP contribution is -2.57. The number of carbonyl (C=O) groups is 1. The second kappa shape index (κ2) is 6.21. The van der Waals surface area contributed by atoms with Gasteiger partial charge in [0.25, 0.3) is 5.91 Å². The molecule has 1 amide bonds. The molecule has 0 unspecified atom stereocenters. The number of rotatable bonds is 2. The Labute approximate surface area is 161 Å². The highest BCUT2D eigenvalue weighted by Gasteiger charge is 2.41. The number of halogens is 1. The molecule has 27 heavy (non-hydrogen) atoms. The molecule has 2 aromatic heterocycles. The van der Waals surface area contributed by atoms with Gasteiger partial charge >= 0.3 is 0 Å². The van der Waals surface area contributed by atoms with E-state index in [-0.39, 0.29) is 11.9 Å². The number of nitrogens with zero attached hydrogens (tertiary/aromatic N) is 4. The molecule has 1 fully saturated rings. The summed E-state index contributed by atoms with van der Waals surface area (Å²) in [5.74, 6) is 0.249. The Balaban J connectivity index is 1.83. The van der Waals surface area contributed by atoms with Crippen molar-refractivity contribution in [3.8, 4) is 11.3 Å². The van der Waals surface area contributed by atoms with Crippen LogP contribution in [0.4, 0.5) is 11.5 Å². The van der Waals surface area contributed by atoms with E-state index in [1.165, 1.54) is 6.33 Å². The second-order valence-corrected chi connectivity index (χ2v) is 7.59. The predicted octanol–water partition coefficient (Wildman–Crippen LogP) is 3.16. The van der Waals surface area contributed by atoms with Gasteiger partial charge in [0.15, 0.2) is 5.82 Å². The van der Waals surface area contributed by atoms with Gasteiger partial charge in [-0.25, -0.2) is 9.50 Å². The number of aromatic nitrogens is 3. The van der Waals surface area contributed by atoms with Gasteiger partial charge in [0, 0.05) is 11.3 Å². The van der Waals surface area contributed by atoms with Crippen molar-refractivity contribution in [1.82, 2.24) is 14.6 Å². The van der Waals surface area contributed by atoms with Crippen LogP contribution in [0, 0.1) is 0 Å². The number of morpholine rings is 1. The number of carbonyl (C=O) groups excluding carboxylic acids is 1. The number of hydrogen-bond donors (Lipinski definition) is 1. The van der Waals surface area contributed by atoms with Crippen LogP contribution >= 0.6 is 11.6 Å². The lowest BCUT2D eigenvalue weighted by Gasteiger charge is -2.41. The molecule has 4 rings (SSSR count). The summed E-state index contributed by atoms with van der Waals surface area (Å²) in [5, 5.41) is 4.75. The van der Waals surface area contributed by atoms with Crippen LogP contribution < -0.4 is 10.6 Å². The van der Waals surface area contributed by atoms with Gasteiger partial charge in [-0.2, -0.15) is 5.10 Å². The summed E-state index contributed by atoms with van der Waals surface area (Å²) in [7, 11) is 0. The zero-order chi connectivity index (χ0) is 19.3. The third-order valence-electron chi connectivity index (χ3n) is 4.82. The van der Waals surface area contributed by atoms with E-state index in [0.29, 0.717) is 23.0 Å². The number of nitrogens with two attached hydrogens (primary N) is 1. The SMILES string of the molecule is C[C@@H]1COC(C)(C)C(=O)N1c1cccc(-c2cc(Cl)c3c(N)ncnn23)c1. The zero-order valence-corrected chi connectivity index (χ0v) is 16.1. The van der Waals surface area contributed by atoms with Gasteiger partial charge in [-0.3, -0.25) is 4.79 Å². The Hall–Kier alpha value is -2.64. The summed E-state index contributed by atoms with van der Waals surface area (Å²) < 4.78 is 7.35. The number of amides is 1. The molecule has 1 aromatic carbocycles. The molecule has 140 valence electrons. The van der Waals surface area contributed by atoms with Crippen molar-refractivity contribution in [2.45, 2.75) is 32.4 Å². The minimum Gasteiger partial charge on any atom is -0.382 e. The number of nitrogen functional groups attached to an aromatic ring is 1. The molecule has 1 aliphatic heterocycles. The van der Waals surface area contributed by atoms with Gasteiger partial charge in [0.05, 0.1) is 23.4 Å². The first-order chi connectivity index (χ1) is 12.8. The highest BCUT2D eigenvalue weighted by Crippen LogP contribution is 2.34. The van der Waals surface area contributed by atoms with E-state index in [4.69, 9.17) is 22.1 Å². The third-order valence-corrected chi connectivity index (χ3v) is 5.10. The molecule has 0 aliphatic carbocycles. The highest BCUT2D eigenvalue weighted by molar-refractivity contribution is 6.35. The Morgan fingerprint density at radius 2 is 2.11 bits per heavy atom. The Morgan fingerprint density at radius 3 is 2.89 bits per heavy atom. The monoisotopic (exact) mass is 385 g/mol. The van der Waals surface area contributed by atoms with E-state index in [9.17, 15) is 4.79 Å². The summed E-state index contributed by atoms with van der Waals surface area (Å²) in [5.41, 5.74) is 8.10. The first-order valence-electron chi connectivity index (χ1n) is 8.65. The average Bonchev–Trinajstić information content (AvgIpc) is 2.98. The fraction of sp³-hybridized carbons (Fsp3) is 0.316. The number of ether oxygens (including phenoxy) is 1. The van der Waals surface area contributed by atoms with Crippen molar-refractivity contribution in [3.63, 3.8) is 0 Å². The molecule has 1 saturated heterocycles. The largest absolute Gasteiger partial charge is 0.382 e. The number of hydrogen-bond acceptors (Lipinski definition) is 5. The van der Waals surface area contributed by atoms with Crippen molar-refractivity contribution in [1.29, 1.82) is 0 Å². The minimum absolute atomic E-state index is 0.0635. The molecule has 0 radical (unpaired) electrons. The zero-order valence-electron chi connectivity index (χ0n) is 15.3. The van der Waals surface area contributed by atoms with Crippen LogP contribution in [0.3, 0.4) is 0 Å². The van der Waals surface area contributed by atoms with E-state index in [2.05, 4.69) is 10.1 Å². The summed E-state index contributed by atoms with van der Waals surface area (Å²) in [6.07, 6.45) is 1.39. The average molecular weight is 386 g/mol. The predicted molar refractivity (Wildman–Crippen MR) is 105 cm³/mol. The van der Waals surface area contributed by atoms with E-state index >= 15 is 0 Å². The Kier molecular flexibility index (Phi) is 4.09. The number of fused-ring (bicyclic) bond motifs is 1. The molecular weight excluding hydrogens is 366 g/mol. The highest BCUT2D eigenvalue weighted by atomic mass is 35.5. The molecule has 1 aliphatic rings. The normalized spacial score (nSPS) is 19.6. The van der Waals surface area contributed by atoms with Crippen LogP contribution in [0.1, 0.15) is 20.8 Å². The topological polar surface area (TPSA) is 85.8 Å². The lowest BCUT2D eigenvalue weighted by atomic mass is 10.0. The molecule has 2 N–H and O–H groups in total. The molecule has 8 heteroatoms. The van der Waals surface area contributed by atoms with E-state index < -0.39 is 5.60 Å². The van der Waals surface area contributed by atoms with Crippen molar-refractivity contribution >= 4 is 34.5 Å². The van der Waals surface area contributed by atoms with E-state index in [1.807, 2.05) is 31.2 Å². The maximum absolute atomic E-state index is 12.9. The molecule has 3 heterocycles. The second-order valence-electron chi connectivity index (χ2n) is 7.18. The van der Waals surface area contributed by atoms with Gasteiger partial charge in [-0.15, -0.1) is 0 Å². The summed E-state index contributed by atoms with van der Waals surface area (Å²) in [4.78, 5) is 18.7. The standard InChI is InChI=1S/C19H20ClN5O2/c1-11-9-27-19(2,3)18(26)24(11)13-6-4-5-12(7-13)15-8-14(20)16-17(21)22-10-23-25(15)16/h4-8,10-11H,9H2,1-3H3,(H2,21,22,23)/t11-/m1/s1. The van der Waals surface area contributed by atoms with Crippen LogP contribution in [-0.4, -0.2) is 38.8 Å². The van der Waals surface area contributed by atoms with Crippen molar-refractivity contribution in [2.24, 2.45) is 0 Å². The van der Waals surface area contributed by atoms with Crippen LogP contribution in [0.5, 0.6) is 0 Å².